The molecular weight excluding hydrogens is 252 g/mol. The van der Waals surface area contributed by atoms with Gasteiger partial charge in [0.15, 0.2) is 10.5 Å². The topological polar surface area (TPSA) is 86.1 Å². The first-order valence-corrected chi connectivity index (χ1v) is 5.56. The molecule has 1 heterocycles. The number of phenols is 1. The lowest BCUT2D eigenvalue weighted by atomic mass is 10.1. The van der Waals surface area contributed by atoms with Crippen LogP contribution in [0.25, 0.3) is 11.3 Å². The third kappa shape index (κ3) is 1.88. The monoisotopic (exact) mass is 264 g/mol. The highest BCUT2D eigenvalue weighted by atomic mass is 32.1. The molecule has 0 fully saturated rings. The quantitative estimate of drug-likeness (QED) is 0.452. The van der Waals surface area contributed by atoms with Crippen molar-refractivity contribution >= 4 is 17.9 Å². The summed E-state index contributed by atoms with van der Waals surface area (Å²) in [5.41, 5.74) is 6.27. The Hall–Kier alpha value is -2.15. The minimum absolute atomic E-state index is 0.0279. The summed E-state index contributed by atoms with van der Waals surface area (Å²) < 4.78 is 3.10. The van der Waals surface area contributed by atoms with Crippen molar-refractivity contribution in [2.24, 2.45) is 14.1 Å². The van der Waals surface area contributed by atoms with E-state index in [1.807, 2.05) is 0 Å². The summed E-state index contributed by atoms with van der Waals surface area (Å²) in [7, 11) is 3.24. The molecular formula is C11H12N4O2S. The summed E-state index contributed by atoms with van der Waals surface area (Å²) in [5, 5.41) is 13.5. The molecule has 0 bridgehead atoms. The van der Waals surface area contributed by atoms with Crippen LogP contribution in [0.1, 0.15) is 0 Å². The van der Waals surface area contributed by atoms with Crippen LogP contribution in [-0.2, 0) is 14.1 Å². The molecule has 2 aromatic rings. The number of anilines is 1. The van der Waals surface area contributed by atoms with E-state index in [2.05, 4.69) is 5.10 Å². The van der Waals surface area contributed by atoms with Crippen molar-refractivity contribution in [2.45, 2.75) is 0 Å². The maximum absolute atomic E-state index is 12.1. The summed E-state index contributed by atoms with van der Waals surface area (Å²) >= 11 is 5.04. The molecule has 1 aromatic heterocycles. The van der Waals surface area contributed by atoms with Gasteiger partial charge in [0.2, 0.25) is 0 Å². The predicted molar refractivity (Wildman–Crippen MR) is 70.8 cm³/mol. The average Bonchev–Trinajstić information content (AvgIpc) is 2.35. The summed E-state index contributed by atoms with van der Waals surface area (Å²) in [6.07, 6.45) is 0. The second-order valence-electron chi connectivity index (χ2n) is 3.89. The molecule has 0 saturated carbocycles. The maximum Gasteiger partial charge on any atom is 0.280 e. The third-order valence-electron chi connectivity index (χ3n) is 2.62. The third-order valence-corrected chi connectivity index (χ3v) is 3.16. The molecule has 3 N–H and O–H groups in total. The number of aromatic nitrogens is 3. The van der Waals surface area contributed by atoms with Crippen LogP contribution in [0.2, 0.25) is 0 Å². The molecule has 0 aliphatic heterocycles. The molecule has 0 saturated heterocycles. The molecule has 7 heteroatoms. The molecule has 0 amide bonds. The Balaban J connectivity index is 2.76. The van der Waals surface area contributed by atoms with Gasteiger partial charge in [-0.05, 0) is 30.4 Å². The number of hydrogen-bond donors (Lipinski definition) is 2. The minimum atomic E-state index is -0.303. The first-order valence-electron chi connectivity index (χ1n) is 5.15. The zero-order valence-corrected chi connectivity index (χ0v) is 10.7. The highest BCUT2D eigenvalue weighted by Gasteiger charge is 2.10. The number of rotatable bonds is 1. The van der Waals surface area contributed by atoms with Crippen molar-refractivity contribution in [3.05, 3.63) is 33.3 Å². The van der Waals surface area contributed by atoms with Gasteiger partial charge in [-0.25, -0.2) is 4.68 Å². The van der Waals surface area contributed by atoms with Crippen LogP contribution in [0, 0.1) is 4.77 Å². The summed E-state index contributed by atoms with van der Waals surface area (Å²) in [6.45, 7) is 0. The van der Waals surface area contributed by atoms with Gasteiger partial charge in [-0.15, -0.1) is 0 Å². The Morgan fingerprint density at radius 2 is 2.06 bits per heavy atom. The Morgan fingerprint density at radius 3 is 2.67 bits per heavy atom. The first kappa shape index (κ1) is 12.3. The summed E-state index contributed by atoms with van der Waals surface area (Å²) in [6, 6.07) is 4.51. The van der Waals surface area contributed by atoms with Gasteiger partial charge in [-0.2, -0.15) is 5.10 Å². The second-order valence-corrected chi connectivity index (χ2v) is 4.26. The molecule has 0 radical (unpaired) electrons. The van der Waals surface area contributed by atoms with Crippen LogP contribution < -0.4 is 11.3 Å². The van der Waals surface area contributed by atoms with E-state index in [-0.39, 0.29) is 22.7 Å². The van der Waals surface area contributed by atoms with E-state index in [0.717, 1.165) is 0 Å². The van der Waals surface area contributed by atoms with Gasteiger partial charge in [0.25, 0.3) is 5.56 Å². The average molecular weight is 264 g/mol. The number of nitrogens with two attached hydrogens (primary N) is 1. The first-order chi connectivity index (χ1) is 8.41. The van der Waals surface area contributed by atoms with Crippen molar-refractivity contribution < 1.29 is 5.11 Å². The van der Waals surface area contributed by atoms with Crippen molar-refractivity contribution in [3.63, 3.8) is 0 Å². The van der Waals surface area contributed by atoms with Crippen LogP contribution in [0.15, 0.2) is 23.0 Å². The fraction of sp³-hybridized carbons (Fsp3) is 0.182. The highest BCUT2D eigenvalue weighted by molar-refractivity contribution is 7.71. The SMILES string of the molecule is Cn1nc(-c2ccc(O)c(N)c2)c(=O)n(C)c1=S. The minimum Gasteiger partial charge on any atom is -0.506 e. The van der Waals surface area contributed by atoms with Crippen molar-refractivity contribution in [2.75, 3.05) is 5.73 Å². The van der Waals surface area contributed by atoms with Crippen LogP contribution in [-0.4, -0.2) is 19.5 Å². The van der Waals surface area contributed by atoms with E-state index in [0.29, 0.717) is 10.3 Å². The maximum atomic E-state index is 12.1. The van der Waals surface area contributed by atoms with Crippen LogP contribution in [0.4, 0.5) is 5.69 Å². The van der Waals surface area contributed by atoms with E-state index >= 15 is 0 Å². The van der Waals surface area contributed by atoms with Crippen LogP contribution >= 0.6 is 12.2 Å². The fourth-order valence-electron chi connectivity index (χ4n) is 1.58. The standard InChI is InChI=1S/C11H12N4O2S/c1-14-10(17)9(13-15(2)11(14)18)6-3-4-8(16)7(12)5-6/h3-5,16H,12H2,1-2H3. The van der Waals surface area contributed by atoms with Gasteiger partial charge in [-0.3, -0.25) is 9.36 Å². The second kappa shape index (κ2) is 4.26. The molecule has 0 aliphatic carbocycles. The van der Waals surface area contributed by atoms with Gasteiger partial charge in [0, 0.05) is 19.7 Å². The molecule has 0 unspecified atom stereocenters. The van der Waals surface area contributed by atoms with E-state index in [1.54, 1.807) is 20.2 Å². The number of aromatic hydroxyl groups is 1. The van der Waals surface area contributed by atoms with Crippen molar-refractivity contribution in [1.29, 1.82) is 0 Å². The Kier molecular flexibility index (Phi) is 2.92. The number of hydrogen-bond acceptors (Lipinski definition) is 5. The number of phenolic OH excluding ortho intramolecular Hbond substituents is 1. The van der Waals surface area contributed by atoms with E-state index < -0.39 is 0 Å². The van der Waals surface area contributed by atoms with Gasteiger partial charge in [0.05, 0.1) is 5.69 Å². The zero-order chi connectivity index (χ0) is 13.4. The Bertz CT molecular complexity index is 733. The lowest BCUT2D eigenvalue weighted by Gasteiger charge is -2.08. The molecule has 2 rings (SSSR count). The Morgan fingerprint density at radius 1 is 1.39 bits per heavy atom. The summed E-state index contributed by atoms with van der Waals surface area (Å²) in [4.78, 5) is 12.1. The fourth-order valence-corrected chi connectivity index (χ4v) is 1.71. The highest BCUT2D eigenvalue weighted by Crippen LogP contribution is 2.24. The molecule has 1 aromatic carbocycles. The normalized spacial score (nSPS) is 10.6. The smallest absolute Gasteiger partial charge is 0.280 e. The van der Waals surface area contributed by atoms with Gasteiger partial charge in [-0.1, -0.05) is 0 Å². The molecule has 0 spiro atoms. The largest absolute Gasteiger partial charge is 0.506 e. The molecule has 0 aliphatic rings. The zero-order valence-electron chi connectivity index (χ0n) is 9.91. The Labute approximate surface area is 108 Å². The lowest BCUT2D eigenvalue weighted by molar-refractivity contribution is 0.478. The van der Waals surface area contributed by atoms with Crippen LogP contribution in [0.3, 0.4) is 0 Å². The van der Waals surface area contributed by atoms with Gasteiger partial charge < -0.3 is 10.8 Å². The molecule has 18 heavy (non-hydrogen) atoms. The van der Waals surface area contributed by atoms with Crippen molar-refractivity contribution in [3.8, 4) is 17.0 Å². The predicted octanol–water partition coefficient (Wildman–Crippen LogP) is 0.803. The number of nitrogens with zero attached hydrogens (tertiary/aromatic N) is 3. The van der Waals surface area contributed by atoms with Crippen molar-refractivity contribution in [1.82, 2.24) is 14.3 Å². The van der Waals surface area contributed by atoms with E-state index in [1.165, 1.54) is 21.4 Å². The number of benzene rings is 1. The molecule has 0 atom stereocenters. The summed E-state index contributed by atoms with van der Waals surface area (Å²) in [5.74, 6) is -0.0279. The van der Waals surface area contributed by atoms with E-state index in [9.17, 15) is 9.90 Å². The van der Waals surface area contributed by atoms with Gasteiger partial charge in [0.1, 0.15) is 5.75 Å². The van der Waals surface area contributed by atoms with Gasteiger partial charge >= 0.3 is 0 Å². The van der Waals surface area contributed by atoms with E-state index in [4.69, 9.17) is 18.0 Å². The molecule has 6 nitrogen and oxygen atoms in total. The lowest BCUT2D eigenvalue weighted by Crippen LogP contribution is -2.25. The number of aryl methyl sites for hydroxylation is 1. The van der Waals surface area contributed by atoms with Crippen LogP contribution in [0.5, 0.6) is 5.75 Å². The number of nitrogen functional groups attached to an aromatic ring is 1. The molecule has 94 valence electrons.